The third-order valence-electron chi connectivity index (χ3n) is 10.8. The summed E-state index contributed by atoms with van der Waals surface area (Å²) in [6.45, 7) is 13.4. The van der Waals surface area contributed by atoms with Gasteiger partial charge in [0.2, 0.25) is 0 Å². The number of hydrogen-bond donors (Lipinski definition) is 0. The first-order valence-corrected chi connectivity index (χ1v) is 23.8. The largest absolute Gasteiger partial charge is 0.497 e. The second kappa shape index (κ2) is 26.7. The first-order valence-electron chi connectivity index (χ1n) is 19.6. The van der Waals surface area contributed by atoms with Crippen molar-refractivity contribution < 1.29 is 42.4 Å². The molecule has 1 aliphatic rings. The second-order valence-electron chi connectivity index (χ2n) is 14.0. The molecule has 0 aromatic heterocycles. The topological polar surface area (TPSA) is 90.9 Å². The predicted molar refractivity (Wildman–Crippen MR) is 227 cm³/mol. The van der Waals surface area contributed by atoms with Crippen LogP contribution in [0.1, 0.15) is 85.6 Å². The summed E-state index contributed by atoms with van der Waals surface area (Å²) in [6, 6.07) is 11.3. The summed E-state index contributed by atoms with van der Waals surface area (Å²) in [5.41, 5.74) is 1.04. The summed E-state index contributed by atoms with van der Waals surface area (Å²) >= 11 is 6.91. The number of benzene rings is 1. The van der Waals surface area contributed by atoms with Crippen LogP contribution in [0.4, 0.5) is 0 Å². The molecule has 0 amide bonds. The Morgan fingerprint density at radius 3 is 2.07 bits per heavy atom. The molecule has 0 saturated carbocycles. The van der Waals surface area contributed by atoms with Crippen molar-refractivity contribution in [2.45, 2.75) is 154 Å². The van der Waals surface area contributed by atoms with Gasteiger partial charge in [-0.2, -0.15) is 0 Å². The summed E-state index contributed by atoms with van der Waals surface area (Å²) in [4.78, 5) is 13.6. The van der Waals surface area contributed by atoms with Crippen molar-refractivity contribution in [1.82, 2.24) is 0 Å². The first kappa shape index (κ1) is 49.0. The summed E-state index contributed by atoms with van der Waals surface area (Å²) in [5, 5.41) is 0. The normalized spacial score (nSPS) is 23.0. The molecular formula is C42H68Br2O9Si. The average Bonchev–Trinajstić information content (AvgIpc) is 3.18. The molecule has 0 radical (unpaired) electrons. The van der Waals surface area contributed by atoms with E-state index in [1.54, 1.807) is 40.6 Å². The van der Waals surface area contributed by atoms with Crippen LogP contribution in [0.25, 0.3) is 0 Å². The van der Waals surface area contributed by atoms with E-state index in [2.05, 4.69) is 59.6 Å². The molecule has 12 heteroatoms. The molecule has 0 spiro atoms. The van der Waals surface area contributed by atoms with Gasteiger partial charge in [0.1, 0.15) is 24.1 Å². The van der Waals surface area contributed by atoms with Gasteiger partial charge in [-0.3, -0.25) is 4.79 Å². The molecular weight excluding hydrogens is 836 g/mol. The van der Waals surface area contributed by atoms with E-state index in [-0.39, 0.29) is 48.3 Å². The number of rotatable bonds is 27. The van der Waals surface area contributed by atoms with E-state index in [1.165, 1.54) is 0 Å². The monoisotopic (exact) mass is 902 g/mol. The molecule has 9 nitrogen and oxygen atoms in total. The Bertz CT molecular complexity index is 1260. The Kier molecular flexibility index (Phi) is 24.2. The lowest BCUT2D eigenvalue weighted by molar-refractivity contribution is -0.314. The number of ketones is 1. The van der Waals surface area contributed by atoms with Crippen LogP contribution in [-0.2, 0) is 44.2 Å². The molecule has 54 heavy (non-hydrogen) atoms. The van der Waals surface area contributed by atoms with Gasteiger partial charge >= 0.3 is 0 Å². The van der Waals surface area contributed by atoms with E-state index >= 15 is 0 Å². The summed E-state index contributed by atoms with van der Waals surface area (Å²) < 4.78 is 49.3. The minimum absolute atomic E-state index is 0.0295. The molecule has 1 fully saturated rings. The third kappa shape index (κ3) is 16.0. The first-order chi connectivity index (χ1) is 25.9. The van der Waals surface area contributed by atoms with Crippen LogP contribution in [0.2, 0.25) is 18.1 Å². The van der Waals surface area contributed by atoms with Crippen LogP contribution in [0.5, 0.6) is 5.75 Å². The van der Waals surface area contributed by atoms with Crippen molar-refractivity contribution in [2.24, 2.45) is 5.92 Å². The van der Waals surface area contributed by atoms with Gasteiger partial charge < -0.3 is 37.6 Å². The molecule has 2 rings (SSSR count). The van der Waals surface area contributed by atoms with E-state index < -0.39 is 20.7 Å². The van der Waals surface area contributed by atoms with Crippen molar-refractivity contribution >= 4 is 46.0 Å². The maximum Gasteiger partial charge on any atom is 0.192 e. The SMILES string of the molecule is CC[C@@H](CCC[C@H](OCc1ccc(OC)cc1)[C@@H](C)C(=O)/C=C/C=C/C[C@@H](CC=C(Br)Br)OC1OC(C)C(OC)C(OC)C1OC)O[Si](CC)(CC)CC. The quantitative estimate of drug-likeness (QED) is 0.0486. The highest BCUT2D eigenvalue weighted by Crippen LogP contribution is 2.30. The lowest BCUT2D eigenvalue weighted by Gasteiger charge is -2.44. The van der Waals surface area contributed by atoms with Gasteiger partial charge in [-0.05, 0) is 119 Å². The van der Waals surface area contributed by atoms with Crippen LogP contribution in [-0.4, -0.2) is 91.6 Å². The number of hydrogen-bond acceptors (Lipinski definition) is 9. The molecule has 5 unspecified atom stereocenters. The zero-order valence-corrected chi connectivity index (χ0v) is 38.6. The number of carbonyl (C=O) groups excluding carboxylic acids is 1. The van der Waals surface area contributed by atoms with Gasteiger partial charge in [0.15, 0.2) is 20.4 Å². The fourth-order valence-corrected chi connectivity index (χ4v) is 10.4. The lowest BCUT2D eigenvalue weighted by Crippen LogP contribution is -2.59. The Hall–Kier alpha value is -1.19. The van der Waals surface area contributed by atoms with E-state index in [4.69, 9.17) is 37.6 Å². The van der Waals surface area contributed by atoms with Gasteiger partial charge in [-0.25, -0.2) is 0 Å². The lowest BCUT2D eigenvalue weighted by atomic mass is 9.94. The van der Waals surface area contributed by atoms with Crippen LogP contribution >= 0.6 is 31.9 Å². The summed E-state index contributed by atoms with van der Waals surface area (Å²) in [5.74, 6) is 0.513. The van der Waals surface area contributed by atoms with Gasteiger partial charge in [-0.1, -0.05) is 71.1 Å². The maximum atomic E-state index is 13.6. The van der Waals surface area contributed by atoms with Gasteiger partial charge in [0.25, 0.3) is 0 Å². The highest BCUT2D eigenvalue weighted by Gasteiger charge is 2.46. The van der Waals surface area contributed by atoms with Crippen molar-refractivity contribution in [3.8, 4) is 5.75 Å². The Morgan fingerprint density at radius 2 is 1.52 bits per heavy atom. The molecule has 308 valence electrons. The van der Waals surface area contributed by atoms with E-state index in [0.717, 1.165) is 58.5 Å². The van der Waals surface area contributed by atoms with Gasteiger partial charge in [0, 0.05) is 33.4 Å². The molecule has 9 atom stereocenters. The molecule has 0 N–H and O–H groups in total. The number of allylic oxidation sites excluding steroid dienone is 3. The molecule has 1 aromatic carbocycles. The molecule has 0 bridgehead atoms. The van der Waals surface area contributed by atoms with Crippen LogP contribution in [0.15, 0.2) is 58.0 Å². The second-order valence-corrected chi connectivity index (χ2v) is 21.5. The number of ether oxygens (including phenoxy) is 7. The van der Waals surface area contributed by atoms with Crippen LogP contribution < -0.4 is 4.74 Å². The van der Waals surface area contributed by atoms with Crippen molar-refractivity contribution in [3.63, 3.8) is 0 Å². The van der Waals surface area contributed by atoms with E-state index in [9.17, 15) is 4.79 Å². The van der Waals surface area contributed by atoms with Gasteiger partial charge in [-0.15, -0.1) is 0 Å². The molecule has 0 aliphatic carbocycles. The van der Waals surface area contributed by atoms with Crippen molar-refractivity contribution in [3.05, 3.63) is 63.6 Å². The zero-order chi connectivity index (χ0) is 40.1. The zero-order valence-electron chi connectivity index (χ0n) is 34.4. The van der Waals surface area contributed by atoms with Crippen molar-refractivity contribution in [1.29, 1.82) is 0 Å². The summed E-state index contributed by atoms with van der Waals surface area (Å²) in [6.07, 6.45) is 12.0. The fraction of sp³-hybridized carbons (Fsp3) is 0.690. The average molecular weight is 905 g/mol. The highest BCUT2D eigenvalue weighted by molar-refractivity contribution is 9.28. The predicted octanol–water partition coefficient (Wildman–Crippen LogP) is 10.5. The Morgan fingerprint density at radius 1 is 0.870 bits per heavy atom. The minimum atomic E-state index is -1.70. The Balaban J connectivity index is 2.12. The molecule has 1 aromatic rings. The highest BCUT2D eigenvalue weighted by atomic mass is 79.9. The van der Waals surface area contributed by atoms with Crippen LogP contribution in [0.3, 0.4) is 0 Å². The molecule has 1 aliphatic heterocycles. The van der Waals surface area contributed by atoms with E-state index in [0.29, 0.717) is 19.4 Å². The number of halogens is 2. The molecule has 1 saturated heterocycles. The van der Waals surface area contributed by atoms with Crippen LogP contribution in [0, 0.1) is 5.92 Å². The molecule has 1 heterocycles. The standard InChI is InChI=1S/C42H68Br2O9Si/c1-11-33(53-54(12-2,13-3)14-4)20-18-22-37(50-29-32-23-25-34(46-7)26-24-32)30(5)36(45)21-17-15-16-19-35(27-28-38(43)44)52-42-41(49-10)40(48-9)39(47-8)31(6)51-42/h15-17,21,23-26,28,30-31,33,35,37,39-42H,11-14,18-20,22,27,29H2,1-10H3/b16-15+,21-17+/t30-,31?,33-,35-,37-,39?,40?,41?,42?/m0/s1. The minimum Gasteiger partial charge on any atom is -0.497 e. The van der Waals surface area contributed by atoms with Gasteiger partial charge in [0.05, 0.1) is 35.4 Å². The summed E-state index contributed by atoms with van der Waals surface area (Å²) in [7, 11) is 4.86. The third-order valence-corrected chi connectivity index (χ3v) is 16.1. The number of methoxy groups -OCH3 is 4. The Labute approximate surface area is 344 Å². The fourth-order valence-electron chi connectivity index (χ4n) is 6.99. The maximum absolute atomic E-state index is 13.6. The smallest absolute Gasteiger partial charge is 0.192 e. The van der Waals surface area contributed by atoms with E-state index in [1.807, 2.05) is 56.3 Å². The van der Waals surface area contributed by atoms with Crippen molar-refractivity contribution in [2.75, 3.05) is 28.4 Å². The number of carbonyl (C=O) groups is 1.